The summed E-state index contributed by atoms with van der Waals surface area (Å²) in [5, 5.41) is 0. The zero-order valence-corrected chi connectivity index (χ0v) is 21.3. The Balaban J connectivity index is 1.07. The molecule has 0 bridgehead atoms. The van der Waals surface area contributed by atoms with Crippen LogP contribution in [0.1, 0.15) is 53.5 Å². The van der Waals surface area contributed by atoms with E-state index in [-0.39, 0.29) is 0 Å². The Morgan fingerprint density at radius 1 is 0.771 bits per heavy atom. The number of benzene rings is 3. The molecule has 3 aromatic carbocycles. The fourth-order valence-corrected chi connectivity index (χ4v) is 5.60. The van der Waals surface area contributed by atoms with Gasteiger partial charge >= 0.3 is 0 Å². The molecule has 1 fully saturated rings. The van der Waals surface area contributed by atoms with E-state index in [1.54, 1.807) is 0 Å². The molecule has 0 unspecified atom stereocenters. The molecule has 0 spiro atoms. The van der Waals surface area contributed by atoms with E-state index in [4.69, 9.17) is 4.74 Å². The average Bonchev–Trinajstić information content (AvgIpc) is 3.08. The van der Waals surface area contributed by atoms with Crippen molar-refractivity contribution in [3.63, 3.8) is 0 Å². The summed E-state index contributed by atoms with van der Waals surface area (Å²) in [6.07, 6.45) is 6.13. The summed E-state index contributed by atoms with van der Waals surface area (Å²) in [5.74, 6) is 1.83. The number of ether oxygens (including phenoxy) is 1. The fourth-order valence-electron chi connectivity index (χ4n) is 5.60. The van der Waals surface area contributed by atoms with E-state index in [9.17, 15) is 0 Å². The van der Waals surface area contributed by atoms with E-state index in [0.29, 0.717) is 0 Å². The Morgan fingerprint density at radius 3 is 2.31 bits per heavy atom. The van der Waals surface area contributed by atoms with Gasteiger partial charge in [0.2, 0.25) is 0 Å². The van der Waals surface area contributed by atoms with Crippen molar-refractivity contribution in [1.29, 1.82) is 0 Å². The van der Waals surface area contributed by atoms with Crippen LogP contribution in [0, 0.1) is 12.8 Å². The number of nitrogens with zero attached hydrogens (tertiary/aromatic N) is 2. The number of piperidine rings is 1. The van der Waals surface area contributed by atoms with Gasteiger partial charge in [0.1, 0.15) is 5.75 Å². The van der Waals surface area contributed by atoms with E-state index in [1.165, 1.54) is 66.6 Å². The summed E-state index contributed by atoms with van der Waals surface area (Å²) in [4.78, 5) is 5.19. The van der Waals surface area contributed by atoms with Gasteiger partial charge in [0.15, 0.2) is 0 Å². The summed E-state index contributed by atoms with van der Waals surface area (Å²) >= 11 is 0. The van der Waals surface area contributed by atoms with E-state index in [2.05, 4.69) is 89.5 Å². The molecule has 2 aliphatic heterocycles. The van der Waals surface area contributed by atoms with Crippen LogP contribution in [0.5, 0.6) is 5.75 Å². The maximum absolute atomic E-state index is 6.27. The van der Waals surface area contributed by atoms with Crippen molar-refractivity contribution in [3.05, 3.63) is 101 Å². The van der Waals surface area contributed by atoms with Gasteiger partial charge in [0.05, 0.1) is 6.61 Å². The zero-order chi connectivity index (χ0) is 23.9. The maximum Gasteiger partial charge on any atom is 0.119 e. The molecule has 184 valence electrons. The van der Waals surface area contributed by atoms with E-state index >= 15 is 0 Å². The van der Waals surface area contributed by atoms with Gasteiger partial charge < -0.3 is 4.74 Å². The van der Waals surface area contributed by atoms with Crippen molar-refractivity contribution in [2.24, 2.45) is 5.92 Å². The highest BCUT2D eigenvalue weighted by atomic mass is 16.5. The molecule has 1 saturated heterocycles. The van der Waals surface area contributed by atoms with Crippen LogP contribution in [0.4, 0.5) is 0 Å². The molecule has 3 aromatic rings. The van der Waals surface area contributed by atoms with E-state index in [1.807, 2.05) is 0 Å². The van der Waals surface area contributed by atoms with Crippen molar-refractivity contribution in [2.75, 3.05) is 26.2 Å². The van der Waals surface area contributed by atoms with E-state index in [0.717, 1.165) is 50.9 Å². The predicted octanol–water partition coefficient (Wildman–Crippen LogP) is 6.62. The number of likely N-dealkylation sites (tertiary alicyclic amines) is 1. The number of fused-ring (bicyclic) bond motifs is 1. The monoisotopic (exact) mass is 468 g/mol. The lowest BCUT2D eigenvalue weighted by molar-refractivity contribution is 0.157. The minimum Gasteiger partial charge on any atom is -0.494 e. The van der Waals surface area contributed by atoms with Crippen LogP contribution < -0.4 is 4.74 Å². The highest BCUT2D eigenvalue weighted by Crippen LogP contribution is 2.26. The largest absolute Gasteiger partial charge is 0.494 e. The Hall–Kier alpha value is -2.62. The Bertz CT molecular complexity index is 1050. The molecule has 0 aliphatic carbocycles. The molecular formula is C32H40N2O. The summed E-state index contributed by atoms with van der Waals surface area (Å²) in [6.45, 7) is 9.67. The lowest BCUT2D eigenvalue weighted by atomic mass is 9.93. The molecule has 0 amide bonds. The number of aryl methyl sites for hydroxylation is 2. The molecule has 0 atom stereocenters. The zero-order valence-electron chi connectivity index (χ0n) is 21.3. The fraction of sp³-hybridized carbons (Fsp3) is 0.438. The standard InChI is InChI=1S/C32H40N2O/c1-26-9-11-29(12-10-26)23-33-19-15-27(16-20-33)17-21-35-32-14-13-30-8-5-18-34(25-31(30)22-32)24-28-6-3-2-4-7-28/h2-4,6-7,9-14,22,27H,5,8,15-21,23-25H2,1H3. The summed E-state index contributed by atoms with van der Waals surface area (Å²) in [7, 11) is 0. The van der Waals surface area contributed by atoms with Gasteiger partial charge in [-0.3, -0.25) is 9.80 Å². The van der Waals surface area contributed by atoms with Gasteiger partial charge in [-0.2, -0.15) is 0 Å². The summed E-state index contributed by atoms with van der Waals surface area (Å²) in [6, 6.07) is 26.6. The van der Waals surface area contributed by atoms with Crippen LogP contribution in [0.3, 0.4) is 0 Å². The van der Waals surface area contributed by atoms with Gasteiger partial charge in [-0.15, -0.1) is 0 Å². The van der Waals surface area contributed by atoms with Crippen LogP contribution >= 0.6 is 0 Å². The molecule has 0 N–H and O–H groups in total. The Labute approximate surface area is 211 Å². The van der Waals surface area contributed by atoms with Crippen molar-refractivity contribution in [3.8, 4) is 5.75 Å². The van der Waals surface area contributed by atoms with Crippen LogP contribution in [-0.4, -0.2) is 36.0 Å². The first-order chi connectivity index (χ1) is 17.2. The molecule has 35 heavy (non-hydrogen) atoms. The number of hydrogen-bond acceptors (Lipinski definition) is 3. The van der Waals surface area contributed by atoms with Gasteiger partial charge in [-0.25, -0.2) is 0 Å². The van der Waals surface area contributed by atoms with Crippen LogP contribution in [-0.2, 0) is 26.1 Å². The molecule has 0 aromatic heterocycles. The molecule has 2 heterocycles. The van der Waals surface area contributed by atoms with Crippen molar-refractivity contribution in [1.82, 2.24) is 9.80 Å². The molecular weight excluding hydrogens is 428 g/mol. The predicted molar refractivity (Wildman–Crippen MR) is 145 cm³/mol. The van der Waals surface area contributed by atoms with E-state index < -0.39 is 0 Å². The third-order valence-electron chi connectivity index (χ3n) is 7.77. The second kappa shape index (κ2) is 11.9. The minimum absolute atomic E-state index is 0.784. The van der Waals surface area contributed by atoms with Crippen LogP contribution in [0.2, 0.25) is 0 Å². The molecule has 0 radical (unpaired) electrons. The highest BCUT2D eigenvalue weighted by molar-refractivity contribution is 5.36. The third kappa shape index (κ3) is 6.96. The molecule has 3 nitrogen and oxygen atoms in total. The first kappa shape index (κ1) is 24.1. The van der Waals surface area contributed by atoms with Gasteiger partial charge in [-0.05, 0) is 99.0 Å². The van der Waals surface area contributed by atoms with Gasteiger partial charge in [0.25, 0.3) is 0 Å². The van der Waals surface area contributed by atoms with Crippen LogP contribution in [0.15, 0.2) is 72.8 Å². The molecule has 3 heteroatoms. The third-order valence-corrected chi connectivity index (χ3v) is 7.77. The summed E-state index contributed by atoms with van der Waals surface area (Å²) in [5.41, 5.74) is 7.11. The normalized spacial score (nSPS) is 17.6. The number of hydrogen-bond donors (Lipinski definition) is 0. The molecule has 2 aliphatic rings. The van der Waals surface area contributed by atoms with Crippen LogP contribution in [0.25, 0.3) is 0 Å². The van der Waals surface area contributed by atoms with Gasteiger partial charge in [-0.1, -0.05) is 66.2 Å². The number of rotatable bonds is 8. The Kier molecular flexibility index (Phi) is 8.18. The minimum atomic E-state index is 0.784. The Morgan fingerprint density at radius 2 is 1.51 bits per heavy atom. The average molecular weight is 469 g/mol. The maximum atomic E-state index is 6.27. The second-order valence-corrected chi connectivity index (χ2v) is 10.6. The lowest BCUT2D eigenvalue weighted by Gasteiger charge is -2.32. The molecule has 0 saturated carbocycles. The quantitative estimate of drug-likeness (QED) is 0.369. The lowest BCUT2D eigenvalue weighted by Crippen LogP contribution is -2.33. The first-order valence-electron chi connectivity index (χ1n) is 13.5. The SMILES string of the molecule is Cc1ccc(CN2CCC(CCOc3ccc4c(c3)CN(Cc3ccccc3)CCC4)CC2)cc1. The van der Waals surface area contributed by atoms with Crippen molar-refractivity contribution < 1.29 is 4.74 Å². The smallest absolute Gasteiger partial charge is 0.119 e. The summed E-state index contributed by atoms with van der Waals surface area (Å²) < 4.78 is 6.27. The van der Waals surface area contributed by atoms with Crippen molar-refractivity contribution in [2.45, 2.75) is 58.7 Å². The first-order valence-corrected chi connectivity index (χ1v) is 13.5. The van der Waals surface area contributed by atoms with Gasteiger partial charge in [0, 0.05) is 19.6 Å². The topological polar surface area (TPSA) is 15.7 Å². The van der Waals surface area contributed by atoms with Crippen molar-refractivity contribution >= 4 is 0 Å². The second-order valence-electron chi connectivity index (χ2n) is 10.6. The molecule has 5 rings (SSSR count). The highest BCUT2D eigenvalue weighted by Gasteiger charge is 2.20.